The molecule has 0 atom stereocenters. The molecule has 202 valence electrons. The van der Waals surface area contributed by atoms with Crippen LogP contribution in [0.3, 0.4) is 0 Å². The summed E-state index contributed by atoms with van der Waals surface area (Å²) >= 11 is 0. The van der Waals surface area contributed by atoms with E-state index in [-0.39, 0.29) is 10.8 Å². The van der Waals surface area contributed by atoms with E-state index >= 15 is 0 Å². The second kappa shape index (κ2) is 9.37. The lowest BCUT2D eigenvalue weighted by Crippen LogP contribution is -2.12. The molecule has 0 aliphatic rings. The predicted octanol–water partition coefficient (Wildman–Crippen LogP) is 9.06. The van der Waals surface area contributed by atoms with Crippen molar-refractivity contribution >= 4 is 21.8 Å². The van der Waals surface area contributed by atoms with E-state index in [9.17, 15) is 0 Å². The zero-order chi connectivity index (χ0) is 28.2. The van der Waals surface area contributed by atoms with Crippen LogP contribution in [0, 0.1) is 6.92 Å². The Hall–Kier alpha value is -4.38. The van der Waals surface area contributed by atoms with Gasteiger partial charge in [0.05, 0.1) is 22.4 Å². The molecular weight excluding hydrogens is 492 g/mol. The first-order chi connectivity index (χ1) is 19.0. The summed E-state index contributed by atoms with van der Waals surface area (Å²) in [7, 11) is 0. The van der Waals surface area contributed by atoms with Crippen LogP contribution >= 0.6 is 0 Å². The number of hydrogen-bond acceptors (Lipinski definition) is 3. The van der Waals surface area contributed by atoms with Gasteiger partial charge >= 0.3 is 0 Å². The third-order valence-corrected chi connectivity index (χ3v) is 7.47. The third kappa shape index (κ3) is 4.77. The van der Waals surface area contributed by atoms with Crippen LogP contribution in [0.2, 0.25) is 0 Å². The highest BCUT2D eigenvalue weighted by atomic mass is 16.5. The van der Waals surface area contributed by atoms with Gasteiger partial charge in [0.25, 0.3) is 0 Å². The maximum atomic E-state index is 6.58. The quantitative estimate of drug-likeness (QED) is 0.229. The maximum Gasteiger partial charge on any atom is 0.137 e. The van der Waals surface area contributed by atoms with E-state index < -0.39 is 0 Å². The highest BCUT2D eigenvalue weighted by molar-refractivity contribution is 6.09. The van der Waals surface area contributed by atoms with Crippen molar-refractivity contribution in [3.05, 3.63) is 108 Å². The topological polar surface area (TPSA) is 44.9 Å². The molecule has 0 spiro atoms. The van der Waals surface area contributed by atoms with Crippen molar-refractivity contribution < 1.29 is 4.74 Å². The van der Waals surface area contributed by atoms with Crippen LogP contribution in [0.5, 0.6) is 11.5 Å². The molecular formula is C35H36N4O. The van der Waals surface area contributed by atoms with E-state index in [1.165, 1.54) is 21.9 Å². The van der Waals surface area contributed by atoms with Crippen LogP contribution in [0.4, 0.5) is 0 Å². The number of para-hydroxylation sites is 1. The number of aryl methyl sites for hydroxylation is 1. The molecule has 3 heterocycles. The van der Waals surface area contributed by atoms with E-state index in [2.05, 4.69) is 124 Å². The monoisotopic (exact) mass is 528 g/mol. The lowest BCUT2D eigenvalue weighted by molar-refractivity contribution is 0.478. The van der Waals surface area contributed by atoms with Crippen LogP contribution in [-0.4, -0.2) is 19.3 Å². The van der Waals surface area contributed by atoms with Gasteiger partial charge in [0, 0.05) is 35.3 Å². The molecule has 5 heteroatoms. The second-order valence-corrected chi connectivity index (χ2v) is 12.7. The second-order valence-electron chi connectivity index (χ2n) is 12.7. The summed E-state index contributed by atoms with van der Waals surface area (Å²) in [5.41, 5.74) is 6.55. The molecule has 0 saturated heterocycles. The molecule has 0 aliphatic carbocycles. The number of hydrogen-bond donors (Lipinski definition) is 0. The number of aromatic nitrogens is 4. The lowest BCUT2D eigenvalue weighted by atomic mass is 9.86. The molecule has 0 N–H and O–H groups in total. The highest BCUT2D eigenvalue weighted by Gasteiger charge is 2.20. The SMILES string of the molecule is Cc1ccn(-c2cc(Oc3ccc4c5ccccc5n(-c5cc(C(C)(C)C)ccn5)c4c3)cc(C(C)(C)C)c2)n1. The van der Waals surface area contributed by atoms with Crippen LogP contribution in [0.15, 0.2) is 91.3 Å². The smallest absolute Gasteiger partial charge is 0.137 e. The average Bonchev–Trinajstić information content (AvgIpc) is 3.48. The summed E-state index contributed by atoms with van der Waals surface area (Å²) in [4.78, 5) is 4.81. The van der Waals surface area contributed by atoms with Crippen LogP contribution < -0.4 is 4.74 Å². The van der Waals surface area contributed by atoms with Gasteiger partial charge in [-0.05, 0) is 77.4 Å². The average molecular weight is 529 g/mol. The van der Waals surface area contributed by atoms with E-state index in [1.807, 2.05) is 30.1 Å². The number of benzene rings is 3. The molecule has 3 aromatic carbocycles. The maximum absolute atomic E-state index is 6.58. The number of nitrogens with zero attached hydrogens (tertiary/aromatic N) is 4. The van der Waals surface area contributed by atoms with E-state index in [1.54, 1.807) is 0 Å². The van der Waals surface area contributed by atoms with Crippen LogP contribution in [0.25, 0.3) is 33.3 Å². The van der Waals surface area contributed by atoms with Gasteiger partial charge in [-0.1, -0.05) is 59.7 Å². The Bertz CT molecular complexity index is 1860. The summed E-state index contributed by atoms with van der Waals surface area (Å²) in [5.74, 6) is 2.46. The molecule has 6 rings (SSSR count). The summed E-state index contributed by atoms with van der Waals surface area (Å²) < 4.78 is 10.7. The fourth-order valence-electron chi connectivity index (χ4n) is 5.17. The zero-order valence-corrected chi connectivity index (χ0v) is 24.4. The zero-order valence-electron chi connectivity index (χ0n) is 24.4. The first-order valence-electron chi connectivity index (χ1n) is 13.8. The Labute approximate surface area is 236 Å². The molecule has 3 aromatic heterocycles. The highest BCUT2D eigenvalue weighted by Crippen LogP contribution is 2.37. The molecule has 0 bridgehead atoms. The molecule has 0 aliphatic heterocycles. The minimum Gasteiger partial charge on any atom is -0.457 e. The van der Waals surface area contributed by atoms with Crippen molar-refractivity contribution in [3.8, 4) is 23.0 Å². The number of ether oxygens (including phenoxy) is 1. The summed E-state index contributed by atoms with van der Waals surface area (Å²) in [5, 5.41) is 7.00. The molecule has 6 aromatic rings. The molecule has 0 amide bonds. The molecule has 0 unspecified atom stereocenters. The Morgan fingerprint density at radius 2 is 1.43 bits per heavy atom. The minimum atomic E-state index is -0.0452. The van der Waals surface area contributed by atoms with Crippen molar-refractivity contribution in [1.29, 1.82) is 0 Å². The number of fused-ring (bicyclic) bond motifs is 3. The van der Waals surface area contributed by atoms with Gasteiger partial charge in [-0.25, -0.2) is 9.67 Å². The number of rotatable bonds is 4. The molecule has 0 radical (unpaired) electrons. The first-order valence-corrected chi connectivity index (χ1v) is 13.8. The van der Waals surface area contributed by atoms with Gasteiger partial charge in [-0.3, -0.25) is 4.57 Å². The Balaban J connectivity index is 1.50. The van der Waals surface area contributed by atoms with Crippen molar-refractivity contribution in [2.75, 3.05) is 0 Å². The Morgan fingerprint density at radius 1 is 0.675 bits per heavy atom. The molecule has 0 saturated carbocycles. The number of pyridine rings is 1. The van der Waals surface area contributed by atoms with Crippen LogP contribution in [0.1, 0.15) is 58.4 Å². The van der Waals surface area contributed by atoms with Crippen molar-refractivity contribution in [2.24, 2.45) is 0 Å². The Kier molecular flexibility index (Phi) is 6.06. The fraction of sp³-hybridized carbons (Fsp3) is 0.257. The van der Waals surface area contributed by atoms with E-state index in [0.717, 1.165) is 39.7 Å². The fourth-order valence-corrected chi connectivity index (χ4v) is 5.17. The van der Waals surface area contributed by atoms with Crippen molar-refractivity contribution in [1.82, 2.24) is 19.3 Å². The van der Waals surface area contributed by atoms with Gasteiger partial charge in [0.15, 0.2) is 0 Å². The van der Waals surface area contributed by atoms with Gasteiger partial charge in [0.2, 0.25) is 0 Å². The predicted molar refractivity (Wildman–Crippen MR) is 164 cm³/mol. The van der Waals surface area contributed by atoms with Gasteiger partial charge < -0.3 is 4.74 Å². The summed E-state index contributed by atoms with van der Waals surface area (Å²) in [6, 6.07) is 27.5. The van der Waals surface area contributed by atoms with E-state index in [0.29, 0.717) is 0 Å². The van der Waals surface area contributed by atoms with Gasteiger partial charge in [0.1, 0.15) is 17.3 Å². The third-order valence-electron chi connectivity index (χ3n) is 7.47. The molecule has 0 fully saturated rings. The standard InChI is InChI=1S/C35H36N4O/c1-23-15-17-38(37-23)26-18-25(35(5,6)7)19-28(21-26)40-27-12-13-30-29-10-8-9-11-31(29)39(32(30)22-27)33-20-24(14-16-36-33)34(2,3)4/h8-22H,1-7H3. The first kappa shape index (κ1) is 25.9. The minimum absolute atomic E-state index is 0.0214. The summed E-state index contributed by atoms with van der Waals surface area (Å²) in [6.45, 7) is 15.3. The normalized spacial score (nSPS) is 12.4. The van der Waals surface area contributed by atoms with Gasteiger partial charge in [-0.2, -0.15) is 5.10 Å². The van der Waals surface area contributed by atoms with Gasteiger partial charge in [-0.15, -0.1) is 0 Å². The molecule has 40 heavy (non-hydrogen) atoms. The van der Waals surface area contributed by atoms with Crippen molar-refractivity contribution in [2.45, 2.75) is 59.3 Å². The van der Waals surface area contributed by atoms with Crippen LogP contribution in [-0.2, 0) is 10.8 Å². The Morgan fingerprint density at radius 3 is 2.15 bits per heavy atom. The lowest BCUT2D eigenvalue weighted by Gasteiger charge is -2.21. The summed E-state index contributed by atoms with van der Waals surface area (Å²) in [6.07, 6.45) is 3.90. The van der Waals surface area contributed by atoms with Crippen molar-refractivity contribution in [3.63, 3.8) is 0 Å². The van der Waals surface area contributed by atoms with E-state index in [4.69, 9.17) is 9.72 Å². The largest absolute Gasteiger partial charge is 0.457 e. The molecule has 5 nitrogen and oxygen atoms in total.